The molecule has 1 saturated heterocycles. The van der Waals surface area contributed by atoms with Crippen LogP contribution in [0.3, 0.4) is 0 Å². The summed E-state index contributed by atoms with van der Waals surface area (Å²) in [6, 6.07) is 9.80. The van der Waals surface area contributed by atoms with Crippen LogP contribution < -0.4 is 15.4 Å². The monoisotopic (exact) mass is 429 g/mol. The van der Waals surface area contributed by atoms with Gasteiger partial charge in [-0.25, -0.2) is 9.67 Å². The minimum Gasteiger partial charge on any atom is -0.497 e. The van der Waals surface area contributed by atoms with Crippen LogP contribution in [-0.2, 0) is 16.0 Å². The van der Waals surface area contributed by atoms with Crippen molar-refractivity contribution in [2.45, 2.75) is 32.7 Å². The average molecular weight is 430 g/mol. The predicted octanol–water partition coefficient (Wildman–Crippen LogP) is 2.77. The number of benzene rings is 1. The number of hydrogen-bond acceptors (Lipinski definition) is 5. The second kappa shape index (κ2) is 13.0. The van der Waals surface area contributed by atoms with Crippen molar-refractivity contribution in [1.29, 1.82) is 0 Å². The SMILES string of the molecule is CCNC(=NCc1ccn(-c2ccc(OC)cc2)n1)NCCCOCC1CCOCC1. The Labute approximate surface area is 185 Å². The highest BCUT2D eigenvalue weighted by molar-refractivity contribution is 5.79. The summed E-state index contributed by atoms with van der Waals surface area (Å²) in [5.74, 6) is 2.28. The maximum Gasteiger partial charge on any atom is 0.191 e. The lowest BCUT2D eigenvalue weighted by atomic mass is 10.0. The summed E-state index contributed by atoms with van der Waals surface area (Å²) in [4.78, 5) is 4.65. The largest absolute Gasteiger partial charge is 0.497 e. The third-order valence-electron chi connectivity index (χ3n) is 5.18. The first-order valence-corrected chi connectivity index (χ1v) is 11.1. The standard InChI is InChI=1S/C23H35N5O3/c1-3-24-23(25-12-4-14-31-18-19-10-15-30-16-11-19)26-17-20-9-13-28(27-20)21-5-7-22(29-2)8-6-21/h5-9,13,19H,3-4,10-12,14-18H2,1-2H3,(H2,24,25,26). The van der Waals surface area contributed by atoms with E-state index in [-0.39, 0.29) is 0 Å². The van der Waals surface area contributed by atoms with Gasteiger partial charge in [-0.1, -0.05) is 0 Å². The van der Waals surface area contributed by atoms with Gasteiger partial charge in [0.15, 0.2) is 5.96 Å². The Morgan fingerprint density at radius 1 is 1.19 bits per heavy atom. The molecule has 1 aromatic heterocycles. The van der Waals surface area contributed by atoms with E-state index in [0.29, 0.717) is 12.5 Å². The Morgan fingerprint density at radius 2 is 2.00 bits per heavy atom. The highest BCUT2D eigenvalue weighted by Crippen LogP contribution is 2.15. The van der Waals surface area contributed by atoms with Crippen LogP contribution in [0, 0.1) is 5.92 Å². The molecular weight excluding hydrogens is 394 g/mol. The molecule has 3 rings (SSSR count). The number of hydrogen-bond donors (Lipinski definition) is 2. The lowest BCUT2D eigenvalue weighted by Crippen LogP contribution is -2.38. The van der Waals surface area contributed by atoms with E-state index in [1.807, 2.05) is 41.2 Å². The van der Waals surface area contributed by atoms with Crippen LogP contribution >= 0.6 is 0 Å². The molecule has 2 heterocycles. The van der Waals surface area contributed by atoms with Crippen LogP contribution in [0.1, 0.15) is 31.9 Å². The second-order valence-electron chi connectivity index (χ2n) is 7.56. The van der Waals surface area contributed by atoms with E-state index in [2.05, 4.69) is 27.6 Å². The Morgan fingerprint density at radius 3 is 2.74 bits per heavy atom. The number of nitrogens with zero attached hydrogens (tertiary/aromatic N) is 3. The van der Waals surface area contributed by atoms with Gasteiger partial charge >= 0.3 is 0 Å². The third-order valence-corrected chi connectivity index (χ3v) is 5.18. The van der Waals surface area contributed by atoms with Gasteiger partial charge in [-0.05, 0) is 62.4 Å². The fourth-order valence-corrected chi connectivity index (χ4v) is 3.37. The Bertz CT molecular complexity index is 785. The number of nitrogens with one attached hydrogen (secondary N) is 2. The lowest BCUT2D eigenvalue weighted by Gasteiger charge is -2.21. The number of guanidine groups is 1. The first kappa shape index (κ1) is 23.1. The molecular formula is C23H35N5O3. The molecule has 0 unspecified atom stereocenters. The van der Waals surface area contributed by atoms with Gasteiger partial charge in [0.1, 0.15) is 5.75 Å². The highest BCUT2D eigenvalue weighted by Gasteiger charge is 2.13. The number of ether oxygens (including phenoxy) is 3. The molecule has 0 amide bonds. The van der Waals surface area contributed by atoms with Gasteiger partial charge < -0.3 is 24.8 Å². The van der Waals surface area contributed by atoms with Crippen molar-refractivity contribution in [3.8, 4) is 11.4 Å². The lowest BCUT2D eigenvalue weighted by molar-refractivity contribution is 0.0203. The van der Waals surface area contributed by atoms with E-state index in [1.54, 1.807) is 7.11 Å². The first-order valence-electron chi connectivity index (χ1n) is 11.1. The molecule has 2 N–H and O–H groups in total. The number of aromatic nitrogens is 2. The van der Waals surface area contributed by atoms with Crippen molar-refractivity contribution in [3.63, 3.8) is 0 Å². The zero-order chi connectivity index (χ0) is 21.7. The van der Waals surface area contributed by atoms with Crippen molar-refractivity contribution >= 4 is 5.96 Å². The molecule has 1 aliphatic heterocycles. The summed E-state index contributed by atoms with van der Waals surface area (Å²) in [6.45, 7) is 7.55. The number of methoxy groups -OCH3 is 1. The fraction of sp³-hybridized carbons (Fsp3) is 0.565. The minimum absolute atomic E-state index is 0.513. The van der Waals surface area contributed by atoms with Crippen LogP contribution in [-0.4, -0.2) is 62.4 Å². The molecule has 1 aromatic carbocycles. The maximum atomic E-state index is 5.83. The summed E-state index contributed by atoms with van der Waals surface area (Å²) >= 11 is 0. The summed E-state index contributed by atoms with van der Waals surface area (Å²) in [5, 5.41) is 11.3. The zero-order valence-electron chi connectivity index (χ0n) is 18.7. The summed E-state index contributed by atoms with van der Waals surface area (Å²) in [6.07, 6.45) is 5.12. The van der Waals surface area contributed by atoms with Crippen LogP contribution in [0.5, 0.6) is 5.75 Å². The quantitative estimate of drug-likeness (QED) is 0.325. The fourth-order valence-electron chi connectivity index (χ4n) is 3.37. The number of aliphatic imine (C=N–C) groups is 1. The topological polar surface area (TPSA) is 81.9 Å². The van der Waals surface area contributed by atoms with Crippen molar-refractivity contribution in [2.75, 3.05) is 46.6 Å². The smallest absolute Gasteiger partial charge is 0.191 e. The van der Waals surface area contributed by atoms with E-state index in [1.165, 1.54) is 0 Å². The zero-order valence-corrected chi connectivity index (χ0v) is 18.7. The van der Waals surface area contributed by atoms with Gasteiger partial charge in [0, 0.05) is 45.7 Å². The highest BCUT2D eigenvalue weighted by atomic mass is 16.5. The third kappa shape index (κ3) is 7.88. The molecule has 170 valence electrons. The van der Waals surface area contributed by atoms with Crippen molar-refractivity contribution in [3.05, 3.63) is 42.2 Å². The molecule has 8 nitrogen and oxygen atoms in total. The summed E-state index contributed by atoms with van der Waals surface area (Å²) in [7, 11) is 1.66. The molecule has 0 atom stereocenters. The molecule has 0 saturated carbocycles. The van der Waals surface area contributed by atoms with Crippen LogP contribution in [0.15, 0.2) is 41.5 Å². The van der Waals surface area contributed by atoms with Crippen molar-refractivity contribution in [1.82, 2.24) is 20.4 Å². The Balaban J connectivity index is 1.40. The van der Waals surface area contributed by atoms with E-state index < -0.39 is 0 Å². The van der Waals surface area contributed by atoms with E-state index in [0.717, 1.165) is 81.9 Å². The van der Waals surface area contributed by atoms with Gasteiger partial charge in [-0.2, -0.15) is 5.10 Å². The molecule has 0 radical (unpaired) electrons. The molecule has 0 aliphatic carbocycles. The minimum atomic E-state index is 0.513. The Kier molecular flexibility index (Phi) is 9.66. The molecule has 1 aliphatic rings. The van der Waals surface area contributed by atoms with Crippen molar-refractivity contribution in [2.24, 2.45) is 10.9 Å². The summed E-state index contributed by atoms with van der Waals surface area (Å²) < 4.78 is 18.3. The van der Waals surface area contributed by atoms with E-state index in [9.17, 15) is 0 Å². The molecule has 8 heteroatoms. The van der Waals surface area contributed by atoms with Gasteiger partial charge in [0.25, 0.3) is 0 Å². The Hall–Kier alpha value is -2.58. The van der Waals surface area contributed by atoms with Gasteiger partial charge in [-0.15, -0.1) is 0 Å². The molecule has 2 aromatic rings. The summed E-state index contributed by atoms with van der Waals surface area (Å²) in [5.41, 5.74) is 1.90. The predicted molar refractivity (Wildman–Crippen MR) is 122 cm³/mol. The van der Waals surface area contributed by atoms with Gasteiger partial charge in [0.05, 0.1) is 25.0 Å². The van der Waals surface area contributed by atoms with Gasteiger partial charge in [-0.3, -0.25) is 0 Å². The number of rotatable bonds is 11. The van der Waals surface area contributed by atoms with E-state index >= 15 is 0 Å². The van der Waals surface area contributed by atoms with Crippen LogP contribution in [0.25, 0.3) is 5.69 Å². The maximum absolute atomic E-state index is 5.83. The van der Waals surface area contributed by atoms with Crippen molar-refractivity contribution < 1.29 is 14.2 Å². The molecule has 0 spiro atoms. The van der Waals surface area contributed by atoms with Gasteiger partial charge in [0.2, 0.25) is 0 Å². The second-order valence-corrected chi connectivity index (χ2v) is 7.56. The molecule has 0 bridgehead atoms. The average Bonchev–Trinajstić information content (AvgIpc) is 3.29. The van der Waals surface area contributed by atoms with Crippen LogP contribution in [0.4, 0.5) is 0 Å². The molecule has 1 fully saturated rings. The first-order chi connectivity index (χ1) is 15.3. The molecule has 31 heavy (non-hydrogen) atoms. The van der Waals surface area contributed by atoms with E-state index in [4.69, 9.17) is 14.2 Å². The normalized spacial score (nSPS) is 15.1. The van der Waals surface area contributed by atoms with Crippen LogP contribution in [0.2, 0.25) is 0 Å².